The molecule has 0 spiro atoms. The first kappa shape index (κ1) is 15.3. The van der Waals surface area contributed by atoms with Crippen LogP contribution in [0.5, 0.6) is 0 Å². The zero-order valence-electron chi connectivity index (χ0n) is 10.6. The van der Waals surface area contributed by atoms with Gasteiger partial charge in [0.2, 0.25) is 5.91 Å². The second kappa shape index (κ2) is 6.42. The third-order valence-corrected chi connectivity index (χ3v) is 3.89. The normalized spacial score (nSPS) is 11.9. The first-order chi connectivity index (χ1) is 8.86. The minimum absolute atomic E-state index is 0.166. The Morgan fingerprint density at radius 1 is 1.42 bits per heavy atom. The van der Waals surface area contributed by atoms with Gasteiger partial charge >= 0.3 is 5.97 Å². The second-order valence-corrected chi connectivity index (χ2v) is 5.27. The monoisotopic (exact) mass is 287 g/mol. The van der Waals surface area contributed by atoms with Gasteiger partial charge in [-0.3, -0.25) is 9.00 Å². The van der Waals surface area contributed by atoms with E-state index in [-0.39, 0.29) is 22.1 Å². The van der Waals surface area contributed by atoms with Crippen molar-refractivity contribution in [3.63, 3.8) is 0 Å². The lowest BCUT2D eigenvalue weighted by Crippen LogP contribution is -2.30. The highest BCUT2D eigenvalue weighted by atomic mass is 32.2. The van der Waals surface area contributed by atoms with Crippen LogP contribution in [0, 0.1) is 5.82 Å². The summed E-state index contributed by atoms with van der Waals surface area (Å²) in [7, 11) is -0.358. The molecule has 5 nitrogen and oxygen atoms in total. The van der Waals surface area contributed by atoms with E-state index in [9.17, 15) is 18.2 Å². The van der Waals surface area contributed by atoms with Crippen LogP contribution in [0.2, 0.25) is 0 Å². The Morgan fingerprint density at radius 2 is 2.05 bits per heavy atom. The Hall–Kier alpha value is -1.76. The lowest BCUT2D eigenvalue weighted by atomic mass is 10.2. The molecule has 0 aromatic heterocycles. The van der Waals surface area contributed by atoms with E-state index in [1.54, 1.807) is 14.0 Å². The van der Waals surface area contributed by atoms with Crippen molar-refractivity contribution in [2.24, 2.45) is 0 Å². The molecule has 19 heavy (non-hydrogen) atoms. The number of hydrogen-bond donors (Lipinski definition) is 1. The van der Waals surface area contributed by atoms with Crippen LogP contribution in [-0.2, 0) is 15.6 Å². The lowest BCUT2D eigenvalue weighted by molar-refractivity contribution is -0.126. The summed E-state index contributed by atoms with van der Waals surface area (Å²) in [5, 5.41) is 8.79. The molecule has 0 heterocycles. The van der Waals surface area contributed by atoms with Gasteiger partial charge in [-0.05, 0) is 25.1 Å². The van der Waals surface area contributed by atoms with Gasteiger partial charge in [-0.2, -0.15) is 0 Å². The topological polar surface area (TPSA) is 74.7 Å². The van der Waals surface area contributed by atoms with Crippen LogP contribution >= 0.6 is 0 Å². The van der Waals surface area contributed by atoms with Gasteiger partial charge in [-0.15, -0.1) is 0 Å². The van der Waals surface area contributed by atoms with E-state index in [1.165, 1.54) is 4.90 Å². The highest BCUT2D eigenvalue weighted by molar-refractivity contribution is 7.85. The Labute approximate surface area is 112 Å². The summed E-state index contributed by atoms with van der Waals surface area (Å²) in [4.78, 5) is 23.4. The number of nitrogens with zero attached hydrogens (tertiary/aromatic N) is 1. The zero-order chi connectivity index (χ0) is 14.6. The van der Waals surface area contributed by atoms with E-state index in [1.807, 2.05) is 0 Å². The molecule has 1 rings (SSSR count). The number of rotatable bonds is 5. The van der Waals surface area contributed by atoms with E-state index in [0.29, 0.717) is 6.54 Å². The SMILES string of the molecule is CCN(C)C(=O)CS(=O)c1cc(C(=O)O)ccc1F. The van der Waals surface area contributed by atoms with Crippen LogP contribution in [0.15, 0.2) is 23.1 Å². The quantitative estimate of drug-likeness (QED) is 0.880. The highest BCUT2D eigenvalue weighted by Gasteiger charge is 2.18. The van der Waals surface area contributed by atoms with Gasteiger partial charge in [0.15, 0.2) is 0 Å². The van der Waals surface area contributed by atoms with Crippen LogP contribution in [-0.4, -0.2) is 45.4 Å². The summed E-state index contributed by atoms with van der Waals surface area (Å²) in [5.41, 5.74) is -0.166. The molecule has 1 N–H and O–H groups in total. The van der Waals surface area contributed by atoms with Gasteiger partial charge in [-0.25, -0.2) is 9.18 Å². The van der Waals surface area contributed by atoms with E-state index in [2.05, 4.69) is 0 Å². The van der Waals surface area contributed by atoms with Crippen molar-refractivity contribution >= 4 is 22.7 Å². The number of amides is 1. The minimum atomic E-state index is -1.90. The highest BCUT2D eigenvalue weighted by Crippen LogP contribution is 2.15. The summed E-state index contributed by atoms with van der Waals surface area (Å²) < 4.78 is 25.4. The summed E-state index contributed by atoms with van der Waals surface area (Å²) in [6, 6.07) is 3.01. The van der Waals surface area contributed by atoms with Gasteiger partial charge in [-0.1, -0.05) is 0 Å². The molecule has 1 unspecified atom stereocenters. The van der Waals surface area contributed by atoms with Crippen molar-refractivity contribution in [3.8, 4) is 0 Å². The van der Waals surface area contributed by atoms with Gasteiger partial charge < -0.3 is 10.0 Å². The average Bonchev–Trinajstić information content (AvgIpc) is 2.37. The molecule has 0 radical (unpaired) electrons. The summed E-state index contributed by atoms with van der Waals surface area (Å²) in [5.74, 6) is -2.78. The first-order valence-electron chi connectivity index (χ1n) is 5.52. The molecule has 104 valence electrons. The number of carboxylic acids is 1. The Morgan fingerprint density at radius 3 is 2.58 bits per heavy atom. The summed E-state index contributed by atoms with van der Waals surface area (Å²) in [6.07, 6.45) is 0. The third kappa shape index (κ3) is 3.85. The maximum atomic E-state index is 13.5. The number of hydrogen-bond acceptors (Lipinski definition) is 3. The molecule has 7 heteroatoms. The molecular formula is C12H14FNO4S. The molecule has 0 aliphatic rings. The van der Waals surface area contributed by atoms with Crippen LogP contribution < -0.4 is 0 Å². The standard InChI is InChI=1S/C12H14FNO4S/c1-3-14(2)11(15)7-19(18)10-6-8(12(16)17)4-5-9(10)13/h4-6H,3,7H2,1-2H3,(H,16,17). The molecule has 0 saturated carbocycles. The predicted octanol–water partition coefficient (Wildman–Crippen LogP) is 1.11. The number of aromatic carboxylic acids is 1. The molecule has 0 saturated heterocycles. The second-order valence-electron chi connectivity index (χ2n) is 3.85. The molecule has 0 bridgehead atoms. The van der Waals surface area contributed by atoms with Crippen molar-refractivity contribution < 1.29 is 23.3 Å². The fourth-order valence-corrected chi connectivity index (χ4v) is 2.43. The lowest BCUT2D eigenvalue weighted by Gasteiger charge is -2.14. The maximum Gasteiger partial charge on any atom is 0.335 e. The molecule has 0 aliphatic carbocycles. The Bertz CT molecular complexity index is 532. The van der Waals surface area contributed by atoms with E-state index in [0.717, 1.165) is 18.2 Å². The smallest absolute Gasteiger partial charge is 0.335 e. The van der Waals surface area contributed by atoms with Crippen LogP contribution in [0.4, 0.5) is 4.39 Å². The van der Waals surface area contributed by atoms with Crippen LogP contribution in [0.25, 0.3) is 0 Å². The maximum absolute atomic E-state index is 13.5. The predicted molar refractivity (Wildman–Crippen MR) is 67.9 cm³/mol. The van der Waals surface area contributed by atoms with Crippen molar-refractivity contribution in [2.75, 3.05) is 19.3 Å². The van der Waals surface area contributed by atoms with Crippen LogP contribution in [0.1, 0.15) is 17.3 Å². The molecule has 0 fully saturated rings. The summed E-state index contributed by atoms with van der Waals surface area (Å²) >= 11 is 0. The fourth-order valence-electron chi connectivity index (χ4n) is 1.29. The van der Waals surface area contributed by atoms with Crippen molar-refractivity contribution in [1.29, 1.82) is 0 Å². The van der Waals surface area contributed by atoms with Gasteiger partial charge in [0, 0.05) is 13.6 Å². The van der Waals surface area contributed by atoms with Gasteiger partial charge in [0.25, 0.3) is 0 Å². The largest absolute Gasteiger partial charge is 0.478 e. The zero-order valence-corrected chi connectivity index (χ0v) is 11.4. The van der Waals surface area contributed by atoms with Crippen molar-refractivity contribution in [1.82, 2.24) is 4.90 Å². The summed E-state index contributed by atoms with van der Waals surface area (Å²) in [6.45, 7) is 2.21. The molecule has 0 aliphatic heterocycles. The average molecular weight is 287 g/mol. The number of carbonyl (C=O) groups is 2. The van der Waals surface area contributed by atoms with Crippen molar-refractivity contribution in [2.45, 2.75) is 11.8 Å². The first-order valence-corrected chi connectivity index (χ1v) is 6.83. The fraction of sp³-hybridized carbons (Fsp3) is 0.333. The Kier molecular flexibility index (Phi) is 5.17. The Balaban J connectivity index is 2.96. The molecule has 1 aromatic carbocycles. The molecule has 1 amide bonds. The number of carboxylic acid groups (broad SMARTS) is 1. The molecular weight excluding hydrogens is 273 g/mol. The van der Waals surface area contributed by atoms with E-state index < -0.39 is 22.6 Å². The third-order valence-electron chi connectivity index (χ3n) is 2.58. The number of benzene rings is 1. The minimum Gasteiger partial charge on any atom is -0.478 e. The van der Waals surface area contributed by atoms with Crippen LogP contribution in [0.3, 0.4) is 0 Å². The number of carbonyl (C=O) groups excluding carboxylic acids is 1. The van der Waals surface area contributed by atoms with Gasteiger partial charge in [0.05, 0.1) is 21.3 Å². The van der Waals surface area contributed by atoms with Crippen molar-refractivity contribution in [3.05, 3.63) is 29.6 Å². The van der Waals surface area contributed by atoms with E-state index >= 15 is 0 Å². The molecule has 1 atom stereocenters. The van der Waals surface area contributed by atoms with Gasteiger partial charge in [0.1, 0.15) is 11.6 Å². The molecule has 1 aromatic rings. The van der Waals surface area contributed by atoms with E-state index in [4.69, 9.17) is 5.11 Å². The number of halogens is 1.